The van der Waals surface area contributed by atoms with Crippen LogP contribution in [0.2, 0.25) is 0 Å². The predicted molar refractivity (Wildman–Crippen MR) is 62.0 cm³/mol. The number of hydrogen-bond acceptors (Lipinski definition) is 3. The first-order valence-electron chi connectivity index (χ1n) is 5.90. The third-order valence-corrected chi connectivity index (χ3v) is 3.33. The molecule has 0 fully saturated rings. The molecular weight excluding hydrogens is 204 g/mol. The number of ether oxygens (including phenoxy) is 1. The van der Waals surface area contributed by atoms with Gasteiger partial charge in [0.2, 0.25) is 0 Å². The van der Waals surface area contributed by atoms with E-state index in [0.29, 0.717) is 12.8 Å². The molecule has 3 heteroatoms. The number of rotatable bonds is 4. The first-order valence-corrected chi connectivity index (χ1v) is 5.90. The molecule has 0 aromatic rings. The SMILES string of the molecule is COC(=O)CCC1(C=O)CC/C=C\CCC1. The second-order valence-corrected chi connectivity index (χ2v) is 4.46. The zero-order valence-corrected chi connectivity index (χ0v) is 9.91. The second-order valence-electron chi connectivity index (χ2n) is 4.46. The number of hydrogen-bond donors (Lipinski definition) is 0. The van der Waals surface area contributed by atoms with Crippen molar-refractivity contribution in [2.75, 3.05) is 7.11 Å². The van der Waals surface area contributed by atoms with Gasteiger partial charge in [0.05, 0.1) is 7.11 Å². The summed E-state index contributed by atoms with van der Waals surface area (Å²) >= 11 is 0. The zero-order valence-electron chi connectivity index (χ0n) is 9.91. The molecule has 1 atom stereocenters. The Labute approximate surface area is 96.9 Å². The van der Waals surface area contributed by atoms with Crippen molar-refractivity contribution in [3.8, 4) is 0 Å². The summed E-state index contributed by atoms with van der Waals surface area (Å²) < 4.78 is 4.62. The van der Waals surface area contributed by atoms with Crippen LogP contribution in [0.5, 0.6) is 0 Å². The van der Waals surface area contributed by atoms with Crippen LogP contribution in [0.15, 0.2) is 12.2 Å². The van der Waals surface area contributed by atoms with Crippen LogP contribution in [0.25, 0.3) is 0 Å². The monoisotopic (exact) mass is 224 g/mol. The summed E-state index contributed by atoms with van der Waals surface area (Å²) in [5.74, 6) is -0.223. The fourth-order valence-electron chi connectivity index (χ4n) is 2.18. The van der Waals surface area contributed by atoms with Gasteiger partial charge in [0.25, 0.3) is 0 Å². The molecule has 0 saturated heterocycles. The van der Waals surface area contributed by atoms with Gasteiger partial charge in [-0.3, -0.25) is 4.79 Å². The maximum absolute atomic E-state index is 11.3. The Morgan fingerprint density at radius 2 is 2.12 bits per heavy atom. The summed E-state index contributed by atoms with van der Waals surface area (Å²) in [6.45, 7) is 0. The molecule has 0 heterocycles. The third-order valence-electron chi connectivity index (χ3n) is 3.33. The minimum absolute atomic E-state index is 0.223. The minimum atomic E-state index is -0.307. The highest BCUT2D eigenvalue weighted by Gasteiger charge is 2.29. The van der Waals surface area contributed by atoms with E-state index in [4.69, 9.17) is 0 Å². The van der Waals surface area contributed by atoms with Crippen LogP contribution < -0.4 is 0 Å². The van der Waals surface area contributed by atoms with Gasteiger partial charge in [-0.25, -0.2) is 0 Å². The maximum Gasteiger partial charge on any atom is 0.305 e. The lowest BCUT2D eigenvalue weighted by molar-refractivity contribution is -0.141. The number of carbonyl (C=O) groups excluding carboxylic acids is 2. The Hall–Kier alpha value is -1.12. The van der Waals surface area contributed by atoms with Gasteiger partial charge in [0, 0.05) is 11.8 Å². The molecule has 0 spiro atoms. The molecule has 1 aliphatic rings. The molecule has 0 radical (unpaired) electrons. The molecule has 1 aliphatic carbocycles. The highest BCUT2D eigenvalue weighted by atomic mass is 16.5. The van der Waals surface area contributed by atoms with Crippen LogP contribution >= 0.6 is 0 Å². The lowest BCUT2D eigenvalue weighted by Gasteiger charge is -2.28. The Morgan fingerprint density at radius 1 is 1.38 bits per heavy atom. The Morgan fingerprint density at radius 3 is 2.81 bits per heavy atom. The second kappa shape index (κ2) is 6.46. The first-order chi connectivity index (χ1) is 7.72. The van der Waals surface area contributed by atoms with E-state index in [9.17, 15) is 9.59 Å². The van der Waals surface area contributed by atoms with Gasteiger partial charge in [0.15, 0.2) is 0 Å². The van der Waals surface area contributed by atoms with Gasteiger partial charge in [-0.05, 0) is 38.5 Å². The van der Waals surface area contributed by atoms with E-state index in [1.54, 1.807) is 0 Å². The van der Waals surface area contributed by atoms with Crippen molar-refractivity contribution < 1.29 is 14.3 Å². The van der Waals surface area contributed by atoms with Crippen LogP contribution in [-0.4, -0.2) is 19.4 Å². The van der Waals surface area contributed by atoms with Gasteiger partial charge < -0.3 is 9.53 Å². The molecule has 1 rings (SSSR count). The van der Waals surface area contributed by atoms with Crippen molar-refractivity contribution in [3.05, 3.63) is 12.2 Å². The molecule has 0 amide bonds. The van der Waals surface area contributed by atoms with E-state index < -0.39 is 0 Å². The molecule has 0 saturated carbocycles. The summed E-state index contributed by atoms with van der Waals surface area (Å²) in [7, 11) is 1.39. The maximum atomic E-state index is 11.3. The highest BCUT2D eigenvalue weighted by Crippen LogP contribution is 2.35. The average molecular weight is 224 g/mol. The van der Waals surface area contributed by atoms with Gasteiger partial charge in [0.1, 0.15) is 6.29 Å². The molecule has 90 valence electrons. The molecule has 1 unspecified atom stereocenters. The number of allylic oxidation sites excluding steroid dienone is 2. The third kappa shape index (κ3) is 3.80. The fraction of sp³-hybridized carbons (Fsp3) is 0.692. The van der Waals surface area contributed by atoms with E-state index in [-0.39, 0.29) is 11.4 Å². The molecule has 3 nitrogen and oxygen atoms in total. The molecule has 16 heavy (non-hydrogen) atoms. The fourth-order valence-corrected chi connectivity index (χ4v) is 2.18. The number of aldehydes is 1. The van der Waals surface area contributed by atoms with Gasteiger partial charge in [-0.2, -0.15) is 0 Å². The average Bonchev–Trinajstić information content (AvgIpc) is 2.28. The van der Waals surface area contributed by atoms with Crippen molar-refractivity contribution in [1.82, 2.24) is 0 Å². The normalized spacial score (nSPS) is 27.6. The van der Waals surface area contributed by atoms with Crippen molar-refractivity contribution in [2.24, 2.45) is 5.41 Å². The first kappa shape index (κ1) is 12.9. The van der Waals surface area contributed by atoms with Crippen LogP contribution in [0.4, 0.5) is 0 Å². The summed E-state index contributed by atoms with van der Waals surface area (Å²) in [6.07, 6.45) is 11.1. The Balaban J connectivity index is 2.56. The van der Waals surface area contributed by atoms with Crippen molar-refractivity contribution >= 4 is 12.3 Å². The summed E-state index contributed by atoms with van der Waals surface area (Å²) in [6, 6.07) is 0. The van der Waals surface area contributed by atoms with Crippen molar-refractivity contribution in [1.29, 1.82) is 0 Å². The summed E-state index contributed by atoms with van der Waals surface area (Å²) in [4.78, 5) is 22.4. The predicted octanol–water partition coefficient (Wildman–Crippen LogP) is 2.65. The van der Waals surface area contributed by atoms with Gasteiger partial charge in [-0.15, -0.1) is 0 Å². The molecule has 0 bridgehead atoms. The van der Waals surface area contributed by atoms with E-state index in [1.807, 2.05) is 0 Å². The molecule has 0 aromatic carbocycles. The van der Waals surface area contributed by atoms with Crippen LogP contribution in [-0.2, 0) is 14.3 Å². The molecular formula is C13H20O3. The number of esters is 1. The molecule has 0 aromatic heterocycles. The lowest BCUT2D eigenvalue weighted by atomic mass is 9.75. The Bertz CT molecular complexity index is 270. The summed E-state index contributed by atoms with van der Waals surface area (Å²) in [5.41, 5.74) is -0.307. The number of methoxy groups -OCH3 is 1. The van der Waals surface area contributed by atoms with Gasteiger partial charge >= 0.3 is 5.97 Å². The lowest BCUT2D eigenvalue weighted by Crippen LogP contribution is -2.24. The van der Waals surface area contributed by atoms with E-state index in [0.717, 1.165) is 38.4 Å². The highest BCUT2D eigenvalue weighted by molar-refractivity contribution is 5.70. The van der Waals surface area contributed by atoms with E-state index in [2.05, 4.69) is 16.9 Å². The smallest absolute Gasteiger partial charge is 0.305 e. The largest absolute Gasteiger partial charge is 0.469 e. The van der Waals surface area contributed by atoms with E-state index in [1.165, 1.54) is 7.11 Å². The van der Waals surface area contributed by atoms with Crippen LogP contribution in [0.1, 0.15) is 44.9 Å². The topological polar surface area (TPSA) is 43.4 Å². The van der Waals surface area contributed by atoms with Crippen LogP contribution in [0, 0.1) is 5.41 Å². The molecule has 0 N–H and O–H groups in total. The Kier molecular flexibility index (Phi) is 5.23. The summed E-state index contributed by atoms with van der Waals surface area (Å²) in [5, 5.41) is 0. The van der Waals surface area contributed by atoms with E-state index >= 15 is 0 Å². The molecule has 0 aliphatic heterocycles. The number of carbonyl (C=O) groups is 2. The standard InChI is InChI=1S/C13H20O3/c1-16-12(15)7-10-13(11-14)8-5-3-2-4-6-9-13/h2-3,11H,4-10H2,1H3/b3-2-. The van der Waals surface area contributed by atoms with Crippen molar-refractivity contribution in [2.45, 2.75) is 44.9 Å². The quantitative estimate of drug-likeness (QED) is 0.419. The van der Waals surface area contributed by atoms with Crippen molar-refractivity contribution in [3.63, 3.8) is 0 Å². The van der Waals surface area contributed by atoms with Crippen LogP contribution in [0.3, 0.4) is 0 Å². The minimum Gasteiger partial charge on any atom is -0.469 e. The zero-order chi connectivity index (χ0) is 11.9. The van der Waals surface area contributed by atoms with Gasteiger partial charge in [-0.1, -0.05) is 12.2 Å².